The second-order valence-corrected chi connectivity index (χ2v) is 4.43. The van der Waals surface area contributed by atoms with Gasteiger partial charge >= 0.3 is 0 Å². The monoisotopic (exact) mass is 282 g/mol. The SMILES string of the molecule is CCOc1cccc(CNc2cccc(C#N)c2)c1OC. The van der Waals surface area contributed by atoms with E-state index in [4.69, 9.17) is 14.7 Å². The Labute approximate surface area is 124 Å². The molecule has 0 aromatic heterocycles. The summed E-state index contributed by atoms with van der Waals surface area (Å²) >= 11 is 0. The molecule has 108 valence electrons. The fraction of sp³-hybridized carbons (Fsp3) is 0.235. The van der Waals surface area contributed by atoms with Crippen LogP contribution in [0.3, 0.4) is 0 Å². The predicted molar refractivity (Wildman–Crippen MR) is 82.6 cm³/mol. The molecule has 4 heteroatoms. The van der Waals surface area contributed by atoms with E-state index in [9.17, 15) is 0 Å². The van der Waals surface area contributed by atoms with Gasteiger partial charge in [0.05, 0.1) is 25.3 Å². The van der Waals surface area contributed by atoms with Crippen molar-refractivity contribution in [1.82, 2.24) is 0 Å². The molecule has 0 aliphatic carbocycles. The van der Waals surface area contributed by atoms with Crippen LogP contribution in [0.4, 0.5) is 5.69 Å². The highest BCUT2D eigenvalue weighted by Crippen LogP contribution is 2.31. The zero-order valence-electron chi connectivity index (χ0n) is 12.2. The quantitative estimate of drug-likeness (QED) is 0.880. The van der Waals surface area contributed by atoms with Crippen molar-refractivity contribution < 1.29 is 9.47 Å². The number of nitriles is 1. The van der Waals surface area contributed by atoms with Gasteiger partial charge in [-0.05, 0) is 31.2 Å². The van der Waals surface area contributed by atoms with Crippen LogP contribution in [0, 0.1) is 11.3 Å². The first-order valence-corrected chi connectivity index (χ1v) is 6.81. The maximum atomic E-state index is 8.91. The zero-order chi connectivity index (χ0) is 15.1. The molecular formula is C17H18N2O2. The standard InChI is InChI=1S/C17H18N2O2/c1-3-21-16-9-5-7-14(17(16)20-2)12-19-15-8-4-6-13(10-15)11-18/h4-10,19H,3,12H2,1-2H3. The number of nitrogens with one attached hydrogen (secondary N) is 1. The number of ether oxygens (including phenoxy) is 2. The molecule has 0 bridgehead atoms. The molecule has 2 rings (SSSR count). The minimum atomic E-state index is 0.595. The minimum Gasteiger partial charge on any atom is -0.493 e. The van der Waals surface area contributed by atoms with E-state index < -0.39 is 0 Å². The number of rotatable bonds is 6. The third-order valence-electron chi connectivity index (χ3n) is 3.04. The first kappa shape index (κ1) is 14.7. The summed E-state index contributed by atoms with van der Waals surface area (Å²) < 4.78 is 11.0. The van der Waals surface area contributed by atoms with Crippen molar-refractivity contribution in [2.45, 2.75) is 13.5 Å². The lowest BCUT2D eigenvalue weighted by Gasteiger charge is -2.14. The van der Waals surface area contributed by atoms with Gasteiger partial charge < -0.3 is 14.8 Å². The molecule has 1 N–H and O–H groups in total. The van der Waals surface area contributed by atoms with Crippen molar-refractivity contribution in [3.63, 3.8) is 0 Å². The van der Waals surface area contributed by atoms with E-state index in [0.29, 0.717) is 18.7 Å². The highest BCUT2D eigenvalue weighted by molar-refractivity contribution is 5.52. The van der Waals surface area contributed by atoms with Crippen LogP contribution in [-0.2, 0) is 6.54 Å². The summed E-state index contributed by atoms with van der Waals surface area (Å²) in [5.74, 6) is 1.48. The molecule has 0 fully saturated rings. The van der Waals surface area contributed by atoms with Crippen molar-refractivity contribution in [1.29, 1.82) is 5.26 Å². The number of methoxy groups -OCH3 is 1. The molecule has 0 heterocycles. The normalized spacial score (nSPS) is 9.76. The Balaban J connectivity index is 2.16. The minimum absolute atomic E-state index is 0.595. The van der Waals surface area contributed by atoms with Crippen LogP contribution >= 0.6 is 0 Å². The summed E-state index contributed by atoms with van der Waals surface area (Å²) in [4.78, 5) is 0. The van der Waals surface area contributed by atoms with Gasteiger partial charge in [-0.3, -0.25) is 0 Å². The fourth-order valence-electron chi connectivity index (χ4n) is 2.10. The van der Waals surface area contributed by atoms with Crippen LogP contribution < -0.4 is 14.8 Å². The average molecular weight is 282 g/mol. The summed E-state index contributed by atoms with van der Waals surface area (Å²) in [5, 5.41) is 12.2. The van der Waals surface area contributed by atoms with E-state index in [-0.39, 0.29) is 0 Å². The maximum absolute atomic E-state index is 8.91. The summed E-state index contributed by atoms with van der Waals surface area (Å²) in [6, 6.07) is 15.3. The van der Waals surface area contributed by atoms with Crippen LogP contribution in [0.1, 0.15) is 18.1 Å². The molecule has 0 unspecified atom stereocenters. The summed E-state index contributed by atoms with van der Waals surface area (Å²) in [5.41, 5.74) is 2.54. The lowest BCUT2D eigenvalue weighted by atomic mass is 10.1. The van der Waals surface area contributed by atoms with Gasteiger partial charge in [0.25, 0.3) is 0 Å². The number of nitrogens with zero attached hydrogens (tertiary/aromatic N) is 1. The van der Waals surface area contributed by atoms with Crippen LogP contribution in [0.5, 0.6) is 11.5 Å². The van der Waals surface area contributed by atoms with Gasteiger partial charge in [-0.15, -0.1) is 0 Å². The van der Waals surface area contributed by atoms with Gasteiger partial charge in [0, 0.05) is 17.8 Å². The van der Waals surface area contributed by atoms with Crippen molar-refractivity contribution in [3.8, 4) is 17.6 Å². The Morgan fingerprint density at radius 3 is 2.71 bits per heavy atom. The van der Waals surface area contributed by atoms with Crippen molar-refractivity contribution in [2.75, 3.05) is 19.0 Å². The average Bonchev–Trinajstić information content (AvgIpc) is 2.53. The number of anilines is 1. The van der Waals surface area contributed by atoms with Crippen LogP contribution in [0.2, 0.25) is 0 Å². The van der Waals surface area contributed by atoms with Gasteiger partial charge in [-0.2, -0.15) is 5.26 Å². The van der Waals surface area contributed by atoms with Gasteiger partial charge in [0.2, 0.25) is 0 Å². The largest absolute Gasteiger partial charge is 0.493 e. The highest BCUT2D eigenvalue weighted by atomic mass is 16.5. The third-order valence-corrected chi connectivity index (χ3v) is 3.04. The molecule has 0 saturated carbocycles. The fourth-order valence-corrected chi connectivity index (χ4v) is 2.10. The molecule has 21 heavy (non-hydrogen) atoms. The molecule has 0 saturated heterocycles. The molecule has 0 amide bonds. The maximum Gasteiger partial charge on any atom is 0.165 e. The smallest absolute Gasteiger partial charge is 0.165 e. The molecule has 2 aromatic carbocycles. The molecule has 2 aromatic rings. The Morgan fingerprint density at radius 2 is 2.00 bits per heavy atom. The lowest BCUT2D eigenvalue weighted by molar-refractivity contribution is 0.309. The van der Waals surface area contributed by atoms with E-state index >= 15 is 0 Å². The third kappa shape index (κ3) is 3.67. The Hall–Kier alpha value is -2.67. The number of hydrogen-bond donors (Lipinski definition) is 1. The summed E-state index contributed by atoms with van der Waals surface area (Å²) in [7, 11) is 1.64. The van der Waals surface area contributed by atoms with Gasteiger partial charge in [-0.1, -0.05) is 18.2 Å². The van der Waals surface area contributed by atoms with Crippen LogP contribution in [-0.4, -0.2) is 13.7 Å². The first-order chi connectivity index (χ1) is 10.3. The van der Waals surface area contributed by atoms with E-state index in [2.05, 4.69) is 11.4 Å². The van der Waals surface area contributed by atoms with Crippen molar-refractivity contribution >= 4 is 5.69 Å². The van der Waals surface area contributed by atoms with Gasteiger partial charge in [0.15, 0.2) is 11.5 Å². The van der Waals surface area contributed by atoms with Crippen LogP contribution in [0.15, 0.2) is 42.5 Å². The molecule has 4 nitrogen and oxygen atoms in total. The predicted octanol–water partition coefficient (Wildman–Crippen LogP) is 3.58. The van der Waals surface area contributed by atoms with E-state index in [0.717, 1.165) is 22.7 Å². The number of hydrogen-bond acceptors (Lipinski definition) is 4. The van der Waals surface area contributed by atoms with Crippen LogP contribution in [0.25, 0.3) is 0 Å². The zero-order valence-corrected chi connectivity index (χ0v) is 12.2. The highest BCUT2D eigenvalue weighted by Gasteiger charge is 2.09. The van der Waals surface area contributed by atoms with E-state index in [1.54, 1.807) is 13.2 Å². The number of benzene rings is 2. The summed E-state index contributed by atoms with van der Waals surface area (Å²) in [6.45, 7) is 3.13. The van der Waals surface area contributed by atoms with E-state index in [1.807, 2.05) is 43.3 Å². The molecule has 0 atom stereocenters. The Morgan fingerprint density at radius 1 is 1.19 bits per heavy atom. The van der Waals surface area contributed by atoms with Crippen molar-refractivity contribution in [2.24, 2.45) is 0 Å². The Kier molecular flexibility index (Phi) is 5.05. The number of para-hydroxylation sites is 1. The van der Waals surface area contributed by atoms with E-state index in [1.165, 1.54) is 0 Å². The molecule has 0 radical (unpaired) electrons. The summed E-state index contributed by atoms with van der Waals surface area (Å²) in [6.07, 6.45) is 0. The molecule has 0 aliphatic rings. The van der Waals surface area contributed by atoms with Crippen molar-refractivity contribution in [3.05, 3.63) is 53.6 Å². The van der Waals surface area contributed by atoms with Gasteiger partial charge in [-0.25, -0.2) is 0 Å². The van der Waals surface area contributed by atoms with Gasteiger partial charge in [0.1, 0.15) is 0 Å². The molecule has 0 spiro atoms. The topological polar surface area (TPSA) is 54.3 Å². The Bertz CT molecular complexity index is 647. The second-order valence-electron chi connectivity index (χ2n) is 4.43. The molecule has 0 aliphatic heterocycles. The lowest BCUT2D eigenvalue weighted by Crippen LogP contribution is -2.04. The second kappa shape index (κ2) is 7.20. The first-order valence-electron chi connectivity index (χ1n) is 6.81. The molecular weight excluding hydrogens is 264 g/mol.